The molecule has 2 aliphatic carbocycles. The van der Waals surface area contributed by atoms with Crippen molar-refractivity contribution >= 4 is 12.0 Å². The standard InChI is InChI=1S/C15H26N2O4/c18-11-10-17(9-6-12-4-2-1-3-5-12)14(21)16-15(7-8-15)13(19)20/h12,18H,1-11H2,(H,16,21)(H,19,20). The Balaban J connectivity index is 1.82. The van der Waals surface area contributed by atoms with Crippen molar-refractivity contribution in [2.24, 2.45) is 5.92 Å². The largest absolute Gasteiger partial charge is 0.480 e. The number of carbonyl (C=O) groups is 2. The van der Waals surface area contributed by atoms with E-state index in [0.29, 0.717) is 25.3 Å². The van der Waals surface area contributed by atoms with Gasteiger partial charge in [-0.1, -0.05) is 32.1 Å². The average Bonchev–Trinajstić information content (AvgIpc) is 3.25. The second kappa shape index (κ2) is 7.11. The van der Waals surface area contributed by atoms with E-state index in [0.717, 1.165) is 6.42 Å². The molecular formula is C15H26N2O4. The van der Waals surface area contributed by atoms with Gasteiger partial charge in [0.25, 0.3) is 0 Å². The van der Waals surface area contributed by atoms with Crippen LogP contribution in [0.2, 0.25) is 0 Å². The van der Waals surface area contributed by atoms with Gasteiger partial charge in [0.05, 0.1) is 6.61 Å². The van der Waals surface area contributed by atoms with Gasteiger partial charge in [0.2, 0.25) is 0 Å². The van der Waals surface area contributed by atoms with Gasteiger partial charge in [0.1, 0.15) is 5.54 Å². The third-order valence-corrected chi connectivity index (χ3v) is 4.69. The molecule has 0 aromatic rings. The van der Waals surface area contributed by atoms with E-state index in [1.54, 1.807) is 4.90 Å². The molecule has 0 aromatic heterocycles. The van der Waals surface area contributed by atoms with Crippen LogP contribution in [0.1, 0.15) is 51.4 Å². The summed E-state index contributed by atoms with van der Waals surface area (Å²) in [4.78, 5) is 24.9. The van der Waals surface area contributed by atoms with E-state index in [1.165, 1.54) is 32.1 Å². The van der Waals surface area contributed by atoms with E-state index in [1.807, 2.05) is 0 Å². The molecule has 6 nitrogen and oxygen atoms in total. The molecule has 2 aliphatic rings. The number of rotatable bonds is 7. The summed E-state index contributed by atoms with van der Waals surface area (Å²) in [7, 11) is 0. The van der Waals surface area contributed by atoms with Gasteiger partial charge in [0.15, 0.2) is 0 Å². The maximum atomic E-state index is 12.2. The Bertz CT molecular complexity index is 376. The maximum Gasteiger partial charge on any atom is 0.329 e. The van der Waals surface area contributed by atoms with E-state index in [2.05, 4.69) is 5.32 Å². The van der Waals surface area contributed by atoms with Crippen LogP contribution in [-0.2, 0) is 4.79 Å². The summed E-state index contributed by atoms with van der Waals surface area (Å²) in [6, 6.07) is -0.361. The second-order valence-electron chi connectivity index (χ2n) is 6.32. The van der Waals surface area contributed by atoms with Crippen molar-refractivity contribution in [3.8, 4) is 0 Å². The topological polar surface area (TPSA) is 89.9 Å². The number of urea groups is 1. The third-order valence-electron chi connectivity index (χ3n) is 4.69. The number of aliphatic carboxylic acids is 1. The monoisotopic (exact) mass is 298 g/mol. The molecule has 2 amide bonds. The number of nitrogens with one attached hydrogen (secondary N) is 1. The number of carbonyl (C=O) groups excluding carboxylic acids is 1. The Morgan fingerprint density at radius 3 is 2.33 bits per heavy atom. The molecule has 0 heterocycles. The highest BCUT2D eigenvalue weighted by Gasteiger charge is 2.52. The number of hydrogen-bond acceptors (Lipinski definition) is 3. The molecule has 0 saturated heterocycles. The number of hydrogen-bond donors (Lipinski definition) is 3. The SMILES string of the molecule is O=C(NC1(C(=O)O)CC1)N(CCO)CCC1CCCCC1. The number of aliphatic hydroxyl groups excluding tert-OH is 1. The van der Waals surface area contributed by atoms with Gasteiger partial charge in [-0.15, -0.1) is 0 Å². The second-order valence-corrected chi connectivity index (χ2v) is 6.32. The highest BCUT2D eigenvalue weighted by molar-refractivity contribution is 5.88. The van der Waals surface area contributed by atoms with Gasteiger partial charge in [-0.2, -0.15) is 0 Å². The van der Waals surface area contributed by atoms with Crippen LogP contribution in [-0.4, -0.2) is 52.3 Å². The molecule has 0 bridgehead atoms. The number of carboxylic acid groups (broad SMARTS) is 1. The molecule has 2 saturated carbocycles. The van der Waals surface area contributed by atoms with E-state index in [9.17, 15) is 9.59 Å². The lowest BCUT2D eigenvalue weighted by Crippen LogP contribution is -2.50. The van der Waals surface area contributed by atoms with Gasteiger partial charge in [-0.25, -0.2) is 9.59 Å². The summed E-state index contributed by atoms with van der Waals surface area (Å²) in [6.07, 6.45) is 8.18. The molecular weight excluding hydrogens is 272 g/mol. The molecule has 2 rings (SSSR count). The van der Waals surface area contributed by atoms with E-state index in [-0.39, 0.29) is 19.2 Å². The third kappa shape index (κ3) is 4.33. The van der Waals surface area contributed by atoms with Crippen molar-refractivity contribution in [3.05, 3.63) is 0 Å². The quantitative estimate of drug-likeness (QED) is 0.665. The number of amides is 2. The van der Waals surface area contributed by atoms with Crippen molar-refractivity contribution in [2.75, 3.05) is 19.7 Å². The molecule has 6 heteroatoms. The molecule has 21 heavy (non-hydrogen) atoms. The summed E-state index contributed by atoms with van der Waals surface area (Å²) in [5.74, 6) is -0.311. The van der Waals surface area contributed by atoms with E-state index < -0.39 is 11.5 Å². The molecule has 0 unspecified atom stereocenters. The minimum absolute atomic E-state index is 0.0990. The zero-order valence-electron chi connectivity index (χ0n) is 12.5. The normalized spacial score (nSPS) is 20.8. The van der Waals surface area contributed by atoms with E-state index >= 15 is 0 Å². The van der Waals surface area contributed by atoms with Crippen LogP contribution in [0.4, 0.5) is 4.79 Å². The Kier molecular flexibility index (Phi) is 5.45. The molecule has 0 atom stereocenters. The van der Waals surface area contributed by atoms with Crippen molar-refractivity contribution in [3.63, 3.8) is 0 Å². The van der Waals surface area contributed by atoms with Crippen LogP contribution in [0.15, 0.2) is 0 Å². The maximum absolute atomic E-state index is 12.2. The van der Waals surface area contributed by atoms with Gasteiger partial charge < -0.3 is 20.4 Å². The van der Waals surface area contributed by atoms with Crippen LogP contribution in [0.25, 0.3) is 0 Å². The van der Waals surface area contributed by atoms with Crippen molar-refractivity contribution in [2.45, 2.75) is 56.9 Å². The summed E-state index contributed by atoms with van der Waals surface area (Å²) in [5.41, 5.74) is -1.06. The fourth-order valence-electron chi connectivity index (χ4n) is 3.05. The Morgan fingerprint density at radius 1 is 1.14 bits per heavy atom. The van der Waals surface area contributed by atoms with Crippen LogP contribution >= 0.6 is 0 Å². The zero-order valence-corrected chi connectivity index (χ0v) is 12.5. The number of carboxylic acids is 1. The lowest BCUT2D eigenvalue weighted by molar-refractivity contribution is -0.140. The molecule has 0 aromatic carbocycles. The van der Waals surface area contributed by atoms with E-state index in [4.69, 9.17) is 10.2 Å². The predicted octanol–water partition coefficient (Wildman–Crippen LogP) is 1.58. The first kappa shape index (κ1) is 16.1. The van der Waals surface area contributed by atoms with Crippen molar-refractivity contribution in [1.29, 1.82) is 0 Å². The molecule has 2 fully saturated rings. The molecule has 0 radical (unpaired) electrons. The highest BCUT2D eigenvalue weighted by atomic mass is 16.4. The molecule has 120 valence electrons. The summed E-state index contributed by atoms with van der Waals surface area (Å²) < 4.78 is 0. The Morgan fingerprint density at radius 2 is 1.81 bits per heavy atom. The predicted molar refractivity (Wildman–Crippen MR) is 78.0 cm³/mol. The van der Waals surface area contributed by atoms with Gasteiger partial charge >= 0.3 is 12.0 Å². The minimum Gasteiger partial charge on any atom is -0.480 e. The van der Waals surface area contributed by atoms with Crippen molar-refractivity contribution in [1.82, 2.24) is 10.2 Å². The molecule has 3 N–H and O–H groups in total. The highest BCUT2D eigenvalue weighted by Crippen LogP contribution is 2.35. The first-order valence-electron chi connectivity index (χ1n) is 7.99. The molecule has 0 spiro atoms. The van der Waals surface area contributed by atoms with Crippen LogP contribution in [0, 0.1) is 5.92 Å². The lowest BCUT2D eigenvalue weighted by atomic mass is 9.87. The van der Waals surface area contributed by atoms with Crippen LogP contribution in [0.3, 0.4) is 0 Å². The number of aliphatic hydroxyl groups is 1. The smallest absolute Gasteiger partial charge is 0.329 e. The summed E-state index contributed by atoms with van der Waals surface area (Å²) in [5, 5.41) is 20.8. The van der Waals surface area contributed by atoms with Crippen LogP contribution in [0.5, 0.6) is 0 Å². The van der Waals surface area contributed by atoms with Gasteiger partial charge in [-0.05, 0) is 25.2 Å². The lowest BCUT2D eigenvalue weighted by Gasteiger charge is -2.28. The van der Waals surface area contributed by atoms with Gasteiger partial charge in [0, 0.05) is 13.1 Å². The zero-order chi connectivity index (χ0) is 15.3. The Hall–Kier alpha value is -1.30. The fourth-order valence-corrected chi connectivity index (χ4v) is 3.05. The van der Waals surface area contributed by atoms with Gasteiger partial charge in [-0.3, -0.25) is 0 Å². The Labute approximate surface area is 125 Å². The first-order valence-corrected chi connectivity index (χ1v) is 7.99. The minimum atomic E-state index is -1.06. The average molecular weight is 298 g/mol. The first-order chi connectivity index (χ1) is 10.1. The van der Waals surface area contributed by atoms with Crippen molar-refractivity contribution < 1.29 is 19.8 Å². The molecule has 0 aliphatic heterocycles. The summed E-state index contributed by atoms with van der Waals surface area (Å²) in [6.45, 7) is 0.749. The number of nitrogens with zero attached hydrogens (tertiary/aromatic N) is 1. The van der Waals surface area contributed by atoms with Crippen LogP contribution < -0.4 is 5.32 Å². The summed E-state index contributed by atoms with van der Waals surface area (Å²) >= 11 is 0. The fraction of sp³-hybridized carbons (Fsp3) is 0.867.